The molecule has 4 N–H and O–H groups in total. The molecule has 0 aliphatic carbocycles. The second-order valence-corrected chi connectivity index (χ2v) is 9.38. The van der Waals surface area contributed by atoms with E-state index in [1.807, 2.05) is 0 Å². The summed E-state index contributed by atoms with van der Waals surface area (Å²) in [4.78, 5) is 40.2. The standard InChI is InChI=1S/C31H26F2N2O5/c32-25-14-12-22(15-26(25)33)23-11-13-24(27(34)16-23)29(38)35(19-21-9-5-2-6-10-21)31(30(39)40,18-28(36)37)17-20-7-3-1-4-8-20/h1-16H,17-19,34H2,(H,36,37)(H,39,40)/t31-/m1/s1. The molecule has 0 heterocycles. The molecule has 0 radical (unpaired) electrons. The third kappa shape index (κ3) is 5.99. The predicted molar refractivity (Wildman–Crippen MR) is 145 cm³/mol. The Morgan fingerprint density at radius 1 is 0.750 bits per heavy atom. The fourth-order valence-electron chi connectivity index (χ4n) is 4.65. The zero-order valence-corrected chi connectivity index (χ0v) is 21.3. The minimum Gasteiger partial charge on any atom is -0.481 e. The average Bonchev–Trinajstić information content (AvgIpc) is 2.93. The van der Waals surface area contributed by atoms with E-state index in [0.29, 0.717) is 22.3 Å². The molecule has 4 aromatic rings. The molecule has 0 aliphatic rings. The minimum atomic E-state index is -2.18. The Morgan fingerprint density at radius 2 is 1.32 bits per heavy atom. The van der Waals surface area contributed by atoms with Crippen molar-refractivity contribution in [1.29, 1.82) is 0 Å². The molecule has 0 aromatic heterocycles. The van der Waals surface area contributed by atoms with Crippen LogP contribution >= 0.6 is 0 Å². The van der Waals surface area contributed by atoms with Crippen LogP contribution < -0.4 is 5.73 Å². The van der Waals surface area contributed by atoms with Gasteiger partial charge in [0.25, 0.3) is 5.91 Å². The van der Waals surface area contributed by atoms with Crippen molar-refractivity contribution in [2.75, 3.05) is 5.73 Å². The van der Waals surface area contributed by atoms with Gasteiger partial charge < -0.3 is 20.8 Å². The molecule has 0 saturated heterocycles. The zero-order valence-electron chi connectivity index (χ0n) is 21.3. The normalized spacial score (nSPS) is 12.3. The van der Waals surface area contributed by atoms with Gasteiger partial charge in [-0.05, 0) is 46.5 Å². The number of hydrogen-bond donors (Lipinski definition) is 3. The van der Waals surface area contributed by atoms with Gasteiger partial charge >= 0.3 is 11.9 Å². The third-order valence-electron chi connectivity index (χ3n) is 6.66. The van der Waals surface area contributed by atoms with E-state index in [1.54, 1.807) is 60.7 Å². The maximum atomic E-state index is 14.1. The Morgan fingerprint density at radius 3 is 1.88 bits per heavy atom. The number of nitrogen functional groups attached to an aromatic ring is 1. The SMILES string of the molecule is Nc1cc(-c2ccc(F)c(F)c2)ccc1C(=O)N(Cc1ccccc1)[C@@](CC(=O)O)(Cc1ccccc1)C(=O)O. The Labute approximate surface area is 229 Å². The van der Waals surface area contributed by atoms with Crippen molar-refractivity contribution in [2.24, 2.45) is 0 Å². The number of benzene rings is 4. The first-order valence-electron chi connectivity index (χ1n) is 12.3. The summed E-state index contributed by atoms with van der Waals surface area (Å²) in [7, 11) is 0. The van der Waals surface area contributed by atoms with Gasteiger partial charge in [-0.1, -0.05) is 72.8 Å². The molecule has 4 aromatic carbocycles. The molecule has 1 atom stereocenters. The smallest absolute Gasteiger partial charge is 0.330 e. The number of carbonyl (C=O) groups excluding carboxylic acids is 1. The van der Waals surface area contributed by atoms with Crippen molar-refractivity contribution >= 4 is 23.5 Å². The van der Waals surface area contributed by atoms with Crippen LogP contribution in [0.2, 0.25) is 0 Å². The van der Waals surface area contributed by atoms with E-state index in [2.05, 4.69) is 0 Å². The number of carbonyl (C=O) groups is 3. The Hall–Kier alpha value is -5.05. The highest BCUT2D eigenvalue weighted by Crippen LogP contribution is 2.33. The Balaban J connectivity index is 1.84. The van der Waals surface area contributed by atoms with E-state index in [-0.39, 0.29) is 24.2 Å². The lowest BCUT2D eigenvalue weighted by molar-refractivity contribution is -0.157. The number of carboxylic acids is 2. The zero-order chi connectivity index (χ0) is 28.9. The molecular formula is C31H26F2N2O5. The van der Waals surface area contributed by atoms with E-state index < -0.39 is 41.4 Å². The molecule has 4 rings (SSSR count). The van der Waals surface area contributed by atoms with Gasteiger partial charge in [0.2, 0.25) is 0 Å². The summed E-state index contributed by atoms with van der Waals surface area (Å²) in [5.74, 6) is -5.74. The topological polar surface area (TPSA) is 121 Å². The third-order valence-corrected chi connectivity index (χ3v) is 6.66. The molecule has 204 valence electrons. The van der Waals surface area contributed by atoms with Gasteiger partial charge in [0, 0.05) is 18.7 Å². The summed E-state index contributed by atoms with van der Waals surface area (Å²) in [6, 6.07) is 24.6. The number of nitrogens with zero attached hydrogens (tertiary/aromatic N) is 1. The maximum Gasteiger partial charge on any atom is 0.330 e. The number of rotatable bonds is 10. The highest BCUT2D eigenvalue weighted by molar-refractivity contribution is 6.03. The molecule has 0 spiro atoms. The molecular weight excluding hydrogens is 518 g/mol. The highest BCUT2D eigenvalue weighted by atomic mass is 19.2. The number of nitrogens with two attached hydrogens (primary N) is 1. The lowest BCUT2D eigenvalue weighted by Crippen LogP contribution is -2.59. The van der Waals surface area contributed by atoms with Gasteiger partial charge in [0.05, 0.1) is 12.0 Å². The van der Waals surface area contributed by atoms with Crippen molar-refractivity contribution in [3.8, 4) is 11.1 Å². The van der Waals surface area contributed by atoms with Crippen molar-refractivity contribution in [2.45, 2.75) is 24.9 Å². The molecule has 9 heteroatoms. The van der Waals surface area contributed by atoms with Crippen LogP contribution in [0.15, 0.2) is 97.1 Å². The molecule has 0 unspecified atom stereocenters. The first kappa shape index (κ1) is 28.0. The number of halogens is 2. The van der Waals surface area contributed by atoms with Crippen LogP contribution in [0.4, 0.5) is 14.5 Å². The summed E-state index contributed by atoms with van der Waals surface area (Å²) in [6.45, 7) is -0.212. The number of amides is 1. The second-order valence-electron chi connectivity index (χ2n) is 9.38. The van der Waals surface area contributed by atoms with Gasteiger partial charge in [-0.3, -0.25) is 9.59 Å². The minimum absolute atomic E-state index is 0.0420. The molecule has 40 heavy (non-hydrogen) atoms. The van der Waals surface area contributed by atoms with Crippen LogP contribution in [-0.4, -0.2) is 38.5 Å². The van der Waals surface area contributed by atoms with E-state index in [9.17, 15) is 33.4 Å². The fraction of sp³-hybridized carbons (Fsp3) is 0.129. The quantitative estimate of drug-likeness (QED) is 0.230. The van der Waals surface area contributed by atoms with Crippen molar-refractivity contribution in [3.63, 3.8) is 0 Å². The van der Waals surface area contributed by atoms with E-state index in [0.717, 1.165) is 17.0 Å². The summed E-state index contributed by atoms with van der Waals surface area (Å²) in [5.41, 5.74) is 5.80. The molecule has 0 saturated carbocycles. The number of anilines is 1. The molecule has 7 nitrogen and oxygen atoms in total. The number of aliphatic carboxylic acids is 2. The highest BCUT2D eigenvalue weighted by Gasteiger charge is 2.49. The lowest BCUT2D eigenvalue weighted by Gasteiger charge is -2.40. The number of hydrogen-bond acceptors (Lipinski definition) is 4. The summed E-state index contributed by atoms with van der Waals surface area (Å²) in [5, 5.41) is 20.4. The molecule has 0 fully saturated rings. The largest absolute Gasteiger partial charge is 0.481 e. The van der Waals surface area contributed by atoms with Gasteiger partial charge in [-0.25, -0.2) is 13.6 Å². The predicted octanol–water partition coefficient (Wildman–Crippen LogP) is 5.40. The monoisotopic (exact) mass is 544 g/mol. The number of carboxylic acid groups (broad SMARTS) is 2. The molecule has 1 amide bonds. The summed E-state index contributed by atoms with van der Waals surface area (Å²) in [6.07, 6.45) is -1.15. The Bertz CT molecular complexity index is 1550. The van der Waals surface area contributed by atoms with Gasteiger partial charge in [-0.2, -0.15) is 0 Å². The van der Waals surface area contributed by atoms with Crippen LogP contribution in [0, 0.1) is 11.6 Å². The van der Waals surface area contributed by atoms with Crippen LogP contribution in [-0.2, 0) is 22.6 Å². The van der Waals surface area contributed by atoms with Crippen LogP contribution in [0.5, 0.6) is 0 Å². The first-order valence-corrected chi connectivity index (χ1v) is 12.3. The lowest BCUT2D eigenvalue weighted by atomic mass is 9.84. The molecule has 0 bridgehead atoms. The Kier molecular flexibility index (Phi) is 8.23. The van der Waals surface area contributed by atoms with Gasteiger partial charge in [-0.15, -0.1) is 0 Å². The average molecular weight is 545 g/mol. The van der Waals surface area contributed by atoms with Crippen molar-refractivity contribution in [3.05, 3.63) is 125 Å². The van der Waals surface area contributed by atoms with E-state index >= 15 is 0 Å². The van der Waals surface area contributed by atoms with Crippen molar-refractivity contribution < 1.29 is 33.4 Å². The van der Waals surface area contributed by atoms with E-state index in [4.69, 9.17) is 5.73 Å². The second kappa shape index (κ2) is 11.8. The summed E-state index contributed by atoms with van der Waals surface area (Å²) < 4.78 is 27.2. The molecule has 0 aliphatic heterocycles. The maximum absolute atomic E-state index is 14.1. The van der Waals surface area contributed by atoms with Gasteiger partial charge in [0.1, 0.15) is 0 Å². The van der Waals surface area contributed by atoms with Crippen molar-refractivity contribution in [1.82, 2.24) is 4.90 Å². The first-order chi connectivity index (χ1) is 19.1. The van der Waals surface area contributed by atoms with E-state index in [1.165, 1.54) is 24.3 Å². The van der Waals surface area contributed by atoms with Crippen LogP contribution in [0.3, 0.4) is 0 Å². The van der Waals surface area contributed by atoms with Crippen LogP contribution in [0.1, 0.15) is 27.9 Å². The summed E-state index contributed by atoms with van der Waals surface area (Å²) >= 11 is 0. The van der Waals surface area contributed by atoms with Gasteiger partial charge in [0.15, 0.2) is 17.2 Å². The van der Waals surface area contributed by atoms with Crippen LogP contribution in [0.25, 0.3) is 11.1 Å². The fourth-order valence-corrected chi connectivity index (χ4v) is 4.65.